The molecule has 33 N–H and O–H groups in total. The van der Waals surface area contributed by atoms with Crippen molar-refractivity contribution in [1.29, 1.82) is 16.2 Å². The average Bonchev–Trinajstić information content (AvgIpc) is 1.72. The lowest BCUT2D eigenvalue weighted by Crippen LogP contribution is -2.61. The lowest BCUT2D eigenvalue weighted by molar-refractivity contribution is -0.137. The number of carboxylic acid groups (broad SMARTS) is 1. The molecule has 3 unspecified atom stereocenters. The number of nitrogens with two attached hydrogens (primary N) is 6. The molecule has 40 nitrogen and oxygen atoms in total. The summed E-state index contributed by atoms with van der Waals surface area (Å²) >= 11 is 1.75. The van der Waals surface area contributed by atoms with Gasteiger partial charge in [-0.15, -0.1) is 0 Å². The minimum atomic E-state index is -1.56. The smallest absolute Gasteiger partial charge is 0.315 e. The molecule has 6 rings (SSSR count). The van der Waals surface area contributed by atoms with Crippen LogP contribution in [0.1, 0.15) is 165 Å². The van der Waals surface area contributed by atoms with Gasteiger partial charge in [-0.3, -0.25) is 73.8 Å². The third-order valence-electron chi connectivity index (χ3n) is 20.9. The summed E-state index contributed by atoms with van der Waals surface area (Å²) in [4.78, 5) is 188. The molecule has 3 aromatic carbocycles. The second-order valence-corrected chi connectivity index (χ2v) is 32.6. The number of hydrogen-bond acceptors (Lipinski definition) is 20. The number of nitrogens with one attached hydrogen (secondary N) is 19. The van der Waals surface area contributed by atoms with Crippen molar-refractivity contribution in [3.05, 3.63) is 102 Å². The molecule has 0 saturated carbocycles. The quantitative estimate of drug-likeness (QED) is 0.0106. The Balaban J connectivity index is 1.27. The van der Waals surface area contributed by atoms with Crippen LogP contribution in [0, 0.1) is 22.1 Å². The summed E-state index contributed by atoms with van der Waals surface area (Å²) in [5.74, 6) is -11.1. The predicted octanol–water partition coefficient (Wildman–Crippen LogP) is -1.30. The minimum Gasteiger partial charge on any atom is -0.508 e. The molecule has 676 valence electrons. The molecule has 2 fully saturated rings. The van der Waals surface area contributed by atoms with E-state index in [1.54, 1.807) is 62.1 Å². The zero-order valence-electron chi connectivity index (χ0n) is 70.0. The van der Waals surface area contributed by atoms with E-state index in [0.29, 0.717) is 55.3 Å². The van der Waals surface area contributed by atoms with E-state index in [4.69, 9.17) is 50.6 Å². The molecule has 2 aliphatic heterocycles. The number of fused-ring (bicyclic) bond motifs is 2. The van der Waals surface area contributed by atoms with Crippen LogP contribution in [-0.4, -0.2) is 226 Å². The van der Waals surface area contributed by atoms with Gasteiger partial charge >= 0.3 is 12.0 Å². The normalized spacial score (nSPS) is 16.4. The number of primary amides is 1. The van der Waals surface area contributed by atoms with Crippen LogP contribution >= 0.6 is 11.8 Å². The van der Waals surface area contributed by atoms with Crippen LogP contribution in [0.4, 0.5) is 4.79 Å². The maximum atomic E-state index is 15.2. The van der Waals surface area contributed by atoms with E-state index < -0.39 is 137 Å². The van der Waals surface area contributed by atoms with Gasteiger partial charge in [-0.25, -0.2) is 4.79 Å². The largest absolute Gasteiger partial charge is 0.508 e. The number of carbonyl (C=O) groups excluding carboxylic acids is 12. The van der Waals surface area contributed by atoms with Gasteiger partial charge in [-0.05, 0) is 163 Å². The number of amides is 13. The fraction of sp³-hybridized carbons (Fsp3) is 0.561. The highest BCUT2D eigenvalue weighted by atomic mass is 32.2. The number of aromatic amines is 1. The highest BCUT2D eigenvalue weighted by Crippen LogP contribution is 2.33. The van der Waals surface area contributed by atoms with Crippen LogP contribution in [0.15, 0.2) is 85.1 Å². The second kappa shape index (κ2) is 53.0. The first-order valence-corrected chi connectivity index (χ1v) is 43.1. The first-order valence-electron chi connectivity index (χ1n) is 42.0. The minimum absolute atomic E-state index is 0.0140. The summed E-state index contributed by atoms with van der Waals surface area (Å²) in [6.07, 6.45) is 4.19. The molecular formula is C82H127N25O15S. The summed E-state index contributed by atoms with van der Waals surface area (Å²) in [6.45, 7) is 4.13. The lowest BCUT2D eigenvalue weighted by atomic mass is 9.99. The number of carboxylic acids is 1. The van der Waals surface area contributed by atoms with Crippen LogP contribution in [0.2, 0.25) is 0 Å². The van der Waals surface area contributed by atoms with E-state index in [1.807, 2.05) is 24.3 Å². The van der Waals surface area contributed by atoms with Crippen molar-refractivity contribution in [2.24, 2.45) is 40.3 Å². The number of H-pyrrole nitrogens is 1. The van der Waals surface area contributed by atoms with E-state index in [9.17, 15) is 48.6 Å². The first kappa shape index (κ1) is 99.8. The number of benzene rings is 3. The summed E-state index contributed by atoms with van der Waals surface area (Å²) in [7, 11) is 0. The van der Waals surface area contributed by atoms with Gasteiger partial charge in [0.2, 0.25) is 65.0 Å². The van der Waals surface area contributed by atoms with Crippen LogP contribution < -0.4 is 114 Å². The lowest BCUT2D eigenvalue weighted by Gasteiger charge is -2.29. The number of phenols is 1. The van der Waals surface area contributed by atoms with Crippen molar-refractivity contribution in [3.63, 3.8) is 0 Å². The number of carbonyl (C=O) groups is 13. The van der Waals surface area contributed by atoms with Gasteiger partial charge in [-0.1, -0.05) is 87.4 Å². The number of rotatable bonds is 58. The first-order chi connectivity index (χ1) is 58.8. The maximum Gasteiger partial charge on any atom is 0.315 e. The van der Waals surface area contributed by atoms with Crippen molar-refractivity contribution < 1.29 is 72.5 Å². The van der Waals surface area contributed by atoms with Crippen LogP contribution in [0.3, 0.4) is 0 Å². The Kier molecular flexibility index (Phi) is 43.0. The van der Waals surface area contributed by atoms with Crippen molar-refractivity contribution in [3.8, 4) is 5.75 Å². The SMILES string of the molecule is CC(C)C[C@H](NC(=O)[C@H](CCCCC(=O)O)NC(=O)[C@H](Cc1ccccc1)NC(=O)[C@@H](CCCNC(=N)N)NC(=O)[C@H](CCCCN)NC(=O)[C@H](CCCNC(=N)N)NC(=O)[C@H](Cc1c[nH]c2ccccc12)NC(=O)CCCCC1SCC2NC(=O)NC21)C(=O)N[C@@H](CCCNC(=N)N)C(=O)N[C@H](Cc1ccc(O)cc1)C(=O)N[C@@H](CCCCN)C(N)=O. The molecular weight excluding hydrogens is 1610 g/mol. The molecule has 0 radical (unpaired) electrons. The molecule has 41 heteroatoms. The summed E-state index contributed by atoms with van der Waals surface area (Å²) in [5.41, 5.74) is 36.6. The fourth-order valence-electron chi connectivity index (χ4n) is 14.4. The van der Waals surface area contributed by atoms with Gasteiger partial charge in [-0.2, -0.15) is 11.8 Å². The molecule has 2 saturated heterocycles. The standard InChI is InChI=1S/C82H127N25O15S/c1-47(2)41-60(75(118)101-59(28-18-40-94-81(90)91)74(117)105-62(43-49-32-34-51(108)35-33-49)76(119)97-54(69(85)112)23-12-14-36-83)103-72(115)55(24-8-11-31-67(110)111)100-77(120)61(42-48-19-4-3-5-20-48)104-73(116)58(27-17-39-93-80(88)89)99-70(113)56(25-13-15-37-84)98-71(114)57(26-16-38-92-79(86)87)102-78(121)63(44-50-45-95-53-22-7-6-21-52(50)53)96-66(109)30-10-9-29-65-68-64(46-123-65)106-82(122)107-68/h3-7,19-22,32-35,45,47,54-65,68,95,108H,8-18,23-31,36-44,46,83-84H2,1-2H3,(H2,85,112)(H,96,109)(H,97,119)(H,98,114)(H,99,113)(H,100,120)(H,101,118)(H,102,121)(H,103,115)(H,104,116)(H,105,117)(H,110,111)(H4,86,87,92)(H4,88,89,93)(H4,90,91,94)(H2,106,107,122)/t54-,55-,56-,57-,58+,59-,60-,61-,62+,63-,64?,65?,68?/m0/s1. The molecule has 13 amide bonds. The fourth-order valence-corrected chi connectivity index (χ4v) is 15.9. The van der Waals surface area contributed by atoms with E-state index in [-0.39, 0.29) is 189 Å². The number of para-hydroxylation sites is 1. The van der Waals surface area contributed by atoms with Gasteiger partial charge in [0.25, 0.3) is 0 Å². The number of phenolic OH excluding ortho intramolecular Hbond substituents is 1. The van der Waals surface area contributed by atoms with Gasteiger partial charge in [0.1, 0.15) is 66.2 Å². The van der Waals surface area contributed by atoms with Gasteiger partial charge in [0, 0.05) is 79.8 Å². The van der Waals surface area contributed by atoms with Gasteiger partial charge in [0.15, 0.2) is 17.9 Å². The summed E-state index contributed by atoms with van der Waals surface area (Å²) in [5, 5.41) is 85.5. The topological polar surface area (TPSA) is 686 Å². The second-order valence-electron chi connectivity index (χ2n) is 31.4. The molecule has 1 aromatic heterocycles. The number of aliphatic carboxylic acids is 1. The Morgan fingerprint density at radius 3 is 1.32 bits per heavy atom. The Hall–Kier alpha value is -12.0. The van der Waals surface area contributed by atoms with E-state index in [2.05, 4.69) is 84.7 Å². The number of hydrogen-bond donors (Lipinski definition) is 27. The maximum absolute atomic E-state index is 15.2. The molecule has 2 aliphatic rings. The number of unbranched alkanes of at least 4 members (excludes halogenated alkanes) is 4. The number of urea groups is 1. The third-order valence-corrected chi connectivity index (χ3v) is 22.4. The van der Waals surface area contributed by atoms with Crippen molar-refractivity contribution in [2.45, 2.75) is 246 Å². The molecule has 4 aromatic rings. The van der Waals surface area contributed by atoms with Crippen LogP contribution in [0.5, 0.6) is 5.75 Å². The molecule has 0 spiro atoms. The van der Waals surface area contributed by atoms with Crippen molar-refractivity contribution in [1.82, 2.24) is 84.7 Å². The number of aromatic nitrogens is 1. The number of thioether (sulfide) groups is 1. The predicted molar refractivity (Wildman–Crippen MR) is 465 cm³/mol. The highest BCUT2D eigenvalue weighted by Gasteiger charge is 2.43. The molecule has 123 heavy (non-hydrogen) atoms. The Morgan fingerprint density at radius 1 is 0.455 bits per heavy atom. The zero-order chi connectivity index (χ0) is 89.9. The Labute approximate surface area is 719 Å². The number of guanidine groups is 3. The van der Waals surface area contributed by atoms with E-state index in [0.717, 1.165) is 23.1 Å². The van der Waals surface area contributed by atoms with Crippen molar-refractivity contribution >= 4 is 118 Å². The van der Waals surface area contributed by atoms with E-state index in [1.165, 1.54) is 24.3 Å². The summed E-state index contributed by atoms with van der Waals surface area (Å²) in [6, 6.07) is 7.16. The Bertz CT molecular complexity index is 4180. The molecule has 0 aliphatic carbocycles. The summed E-state index contributed by atoms with van der Waals surface area (Å²) < 4.78 is 0. The highest BCUT2D eigenvalue weighted by molar-refractivity contribution is 8.00. The van der Waals surface area contributed by atoms with Crippen LogP contribution in [-0.2, 0) is 76.8 Å². The monoisotopic (exact) mass is 1730 g/mol. The van der Waals surface area contributed by atoms with Crippen molar-refractivity contribution in [2.75, 3.05) is 38.5 Å². The average molecular weight is 1740 g/mol. The molecule has 13 atom stereocenters. The van der Waals surface area contributed by atoms with Gasteiger partial charge < -0.3 is 129 Å². The Morgan fingerprint density at radius 2 is 0.854 bits per heavy atom. The number of aromatic hydroxyl groups is 1. The van der Waals surface area contributed by atoms with E-state index >= 15 is 24.0 Å². The molecule has 0 bridgehead atoms. The van der Waals surface area contributed by atoms with Gasteiger partial charge in [0.05, 0.1) is 12.1 Å². The third kappa shape index (κ3) is 36.3. The van der Waals surface area contributed by atoms with Crippen LogP contribution in [0.25, 0.3) is 10.9 Å². The molecule has 3 heterocycles. The zero-order valence-corrected chi connectivity index (χ0v) is 70.8.